The monoisotopic (exact) mass is 225 g/mol. The molecule has 0 spiro atoms. The van der Waals surface area contributed by atoms with Gasteiger partial charge in [0.15, 0.2) is 0 Å². The lowest BCUT2D eigenvalue weighted by Gasteiger charge is -2.18. The average molecular weight is 225 g/mol. The van der Waals surface area contributed by atoms with Gasteiger partial charge >= 0.3 is 5.97 Å². The van der Waals surface area contributed by atoms with Crippen molar-refractivity contribution in [3.05, 3.63) is 12.2 Å². The number of carboxylic acid groups (broad SMARTS) is 1. The van der Waals surface area contributed by atoms with Crippen LogP contribution >= 0.6 is 0 Å². The molecule has 0 saturated carbocycles. The maximum absolute atomic E-state index is 11.7. The molecule has 90 valence electrons. The van der Waals surface area contributed by atoms with E-state index in [1.807, 2.05) is 13.0 Å². The summed E-state index contributed by atoms with van der Waals surface area (Å²) in [5, 5.41) is 11.4. The van der Waals surface area contributed by atoms with E-state index in [9.17, 15) is 9.59 Å². The van der Waals surface area contributed by atoms with Crippen LogP contribution in [0.25, 0.3) is 0 Å². The molecule has 1 aliphatic rings. The molecule has 4 nitrogen and oxygen atoms in total. The van der Waals surface area contributed by atoms with Gasteiger partial charge in [-0.1, -0.05) is 19.1 Å². The number of amides is 1. The number of hydrogen-bond acceptors (Lipinski definition) is 2. The third-order valence-electron chi connectivity index (χ3n) is 2.79. The predicted molar refractivity (Wildman–Crippen MR) is 60.9 cm³/mol. The Morgan fingerprint density at radius 1 is 1.50 bits per heavy atom. The minimum absolute atomic E-state index is 0.0133. The van der Waals surface area contributed by atoms with Crippen molar-refractivity contribution in [1.29, 1.82) is 0 Å². The van der Waals surface area contributed by atoms with Crippen LogP contribution in [0.4, 0.5) is 0 Å². The molecule has 0 saturated heterocycles. The Labute approximate surface area is 95.7 Å². The molecule has 0 aliphatic heterocycles. The summed E-state index contributed by atoms with van der Waals surface area (Å²) in [6.07, 6.45) is 6.90. The molecule has 0 bridgehead atoms. The van der Waals surface area contributed by atoms with Crippen molar-refractivity contribution < 1.29 is 14.7 Å². The van der Waals surface area contributed by atoms with Gasteiger partial charge in [0.1, 0.15) is 0 Å². The molecule has 4 heteroatoms. The van der Waals surface area contributed by atoms with Gasteiger partial charge in [-0.15, -0.1) is 0 Å². The summed E-state index contributed by atoms with van der Waals surface area (Å²) in [6.45, 7) is 2.28. The minimum Gasteiger partial charge on any atom is -0.481 e. The Morgan fingerprint density at radius 3 is 2.81 bits per heavy atom. The smallest absolute Gasteiger partial charge is 0.303 e. The molecular weight excluding hydrogens is 206 g/mol. The highest BCUT2D eigenvalue weighted by atomic mass is 16.4. The molecule has 2 unspecified atom stereocenters. The van der Waals surface area contributed by atoms with Crippen LogP contribution in [0.1, 0.15) is 32.6 Å². The number of allylic oxidation sites excluding steroid dienone is 2. The average Bonchev–Trinajstić information content (AvgIpc) is 2.26. The van der Waals surface area contributed by atoms with E-state index in [1.165, 1.54) is 0 Å². The fourth-order valence-corrected chi connectivity index (χ4v) is 1.82. The molecule has 0 aromatic carbocycles. The Hall–Kier alpha value is -1.32. The van der Waals surface area contributed by atoms with Crippen molar-refractivity contribution in [2.75, 3.05) is 6.54 Å². The summed E-state index contributed by atoms with van der Waals surface area (Å²) >= 11 is 0. The molecule has 2 atom stereocenters. The number of hydrogen-bond donors (Lipinski definition) is 2. The van der Waals surface area contributed by atoms with Crippen molar-refractivity contribution in [2.45, 2.75) is 32.6 Å². The lowest BCUT2D eigenvalue weighted by molar-refractivity contribution is -0.138. The molecule has 0 aromatic rings. The fraction of sp³-hybridized carbons (Fsp3) is 0.667. The van der Waals surface area contributed by atoms with Crippen molar-refractivity contribution >= 4 is 11.9 Å². The number of carboxylic acids is 1. The van der Waals surface area contributed by atoms with E-state index in [0.717, 1.165) is 19.3 Å². The van der Waals surface area contributed by atoms with E-state index in [2.05, 4.69) is 11.4 Å². The zero-order valence-electron chi connectivity index (χ0n) is 9.61. The molecule has 1 rings (SSSR count). The second-order valence-electron chi connectivity index (χ2n) is 4.43. The summed E-state index contributed by atoms with van der Waals surface area (Å²) in [4.78, 5) is 22.1. The van der Waals surface area contributed by atoms with Crippen LogP contribution in [0.2, 0.25) is 0 Å². The molecule has 0 heterocycles. The van der Waals surface area contributed by atoms with E-state index in [1.54, 1.807) is 0 Å². The number of aliphatic carboxylic acids is 1. The van der Waals surface area contributed by atoms with Gasteiger partial charge < -0.3 is 10.4 Å². The summed E-state index contributed by atoms with van der Waals surface area (Å²) in [7, 11) is 0. The number of carbonyl (C=O) groups excluding carboxylic acids is 1. The highest BCUT2D eigenvalue weighted by molar-refractivity contribution is 5.79. The van der Waals surface area contributed by atoms with Crippen molar-refractivity contribution in [3.8, 4) is 0 Å². The van der Waals surface area contributed by atoms with Crippen LogP contribution in [-0.4, -0.2) is 23.5 Å². The molecule has 1 aliphatic carbocycles. The van der Waals surface area contributed by atoms with Gasteiger partial charge in [-0.05, 0) is 25.2 Å². The number of rotatable bonds is 5. The molecule has 0 aromatic heterocycles. The van der Waals surface area contributed by atoms with Gasteiger partial charge in [-0.25, -0.2) is 0 Å². The van der Waals surface area contributed by atoms with Crippen LogP contribution in [0, 0.1) is 11.8 Å². The zero-order chi connectivity index (χ0) is 12.0. The van der Waals surface area contributed by atoms with E-state index < -0.39 is 5.97 Å². The normalized spacial score (nSPS) is 21.4. The van der Waals surface area contributed by atoms with Crippen molar-refractivity contribution in [2.24, 2.45) is 11.8 Å². The van der Waals surface area contributed by atoms with E-state index in [-0.39, 0.29) is 24.2 Å². The summed E-state index contributed by atoms with van der Waals surface area (Å²) in [5.74, 6) is -0.702. The van der Waals surface area contributed by atoms with Crippen LogP contribution in [0.15, 0.2) is 12.2 Å². The topological polar surface area (TPSA) is 66.4 Å². The standard InChI is InChI=1S/C12H19NO3/c1-9(7-11(14)15)8-13-12(16)10-5-3-2-4-6-10/h2-3,9-10H,4-8H2,1H3,(H,13,16)(H,14,15). The maximum Gasteiger partial charge on any atom is 0.303 e. The van der Waals surface area contributed by atoms with Gasteiger partial charge in [-0.3, -0.25) is 9.59 Å². The van der Waals surface area contributed by atoms with Crippen LogP contribution < -0.4 is 5.32 Å². The van der Waals surface area contributed by atoms with Crippen LogP contribution in [0.3, 0.4) is 0 Å². The first-order chi connectivity index (χ1) is 7.59. The maximum atomic E-state index is 11.7. The minimum atomic E-state index is -0.817. The summed E-state index contributed by atoms with van der Waals surface area (Å²) < 4.78 is 0. The number of nitrogens with one attached hydrogen (secondary N) is 1. The van der Waals surface area contributed by atoms with E-state index in [0.29, 0.717) is 6.54 Å². The lowest BCUT2D eigenvalue weighted by Crippen LogP contribution is -2.34. The van der Waals surface area contributed by atoms with E-state index in [4.69, 9.17) is 5.11 Å². The molecular formula is C12H19NO3. The Balaban J connectivity index is 2.23. The molecule has 2 N–H and O–H groups in total. The van der Waals surface area contributed by atoms with Gasteiger partial charge in [0.25, 0.3) is 0 Å². The van der Waals surface area contributed by atoms with Crippen LogP contribution in [0.5, 0.6) is 0 Å². The SMILES string of the molecule is CC(CNC(=O)C1CC=CCC1)CC(=O)O. The Kier molecular flexibility index (Phi) is 5.02. The van der Waals surface area contributed by atoms with E-state index >= 15 is 0 Å². The van der Waals surface area contributed by atoms with Gasteiger partial charge in [0, 0.05) is 18.9 Å². The lowest BCUT2D eigenvalue weighted by atomic mass is 9.93. The zero-order valence-corrected chi connectivity index (χ0v) is 9.61. The summed E-state index contributed by atoms with van der Waals surface area (Å²) in [5.41, 5.74) is 0. The third-order valence-corrected chi connectivity index (χ3v) is 2.79. The first-order valence-corrected chi connectivity index (χ1v) is 5.74. The largest absolute Gasteiger partial charge is 0.481 e. The second-order valence-corrected chi connectivity index (χ2v) is 4.43. The first kappa shape index (κ1) is 12.7. The quantitative estimate of drug-likeness (QED) is 0.698. The number of carbonyl (C=O) groups is 2. The summed E-state index contributed by atoms with van der Waals surface area (Å²) in [6, 6.07) is 0. The van der Waals surface area contributed by atoms with Gasteiger partial charge in [-0.2, -0.15) is 0 Å². The molecule has 16 heavy (non-hydrogen) atoms. The Morgan fingerprint density at radius 2 is 2.25 bits per heavy atom. The first-order valence-electron chi connectivity index (χ1n) is 5.74. The van der Waals surface area contributed by atoms with Gasteiger partial charge in [0.2, 0.25) is 5.91 Å². The predicted octanol–water partition coefficient (Wildman–Crippen LogP) is 1.57. The van der Waals surface area contributed by atoms with Crippen molar-refractivity contribution in [3.63, 3.8) is 0 Å². The van der Waals surface area contributed by atoms with Gasteiger partial charge in [0.05, 0.1) is 0 Å². The molecule has 0 radical (unpaired) electrons. The third kappa shape index (κ3) is 4.47. The molecule has 1 amide bonds. The fourth-order valence-electron chi connectivity index (χ4n) is 1.82. The molecule has 0 fully saturated rings. The Bertz CT molecular complexity index is 286. The van der Waals surface area contributed by atoms with Crippen LogP contribution in [-0.2, 0) is 9.59 Å². The highest BCUT2D eigenvalue weighted by Gasteiger charge is 2.19. The second kappa shape index (κ2) is 6.30. The highest BCUT2D eigenvalue weighted by Crippen LogP contribution is 2.18. The van der Waals surface area contributed by atoms with Crippen molar-refractivity contribution in [1.82, 2.24) is 5.32 Å².